The molecule has 2 aliphatic heterocycles. The van der Waals surface area contributed by atoms with Gasteiger partial charge >= 0.3 is 0 Å². The standard InChI is InChI=1S/C24H28ClN3O/c1-26-13-15-27(16-14-26)23-7-3-2-5-19(23)17-20-6-4-12-28(24(20)18-29)22-10-8-21(25)9-11-22/h2-3,5,7-11,17-18,24H,4,6,12-16H2,1H3. The van der Waals surface area contributed by atoms with E-state index in [1.165, 1.54) is 16.8 Å². The van der Waals surface area contributed by atoms with Gasteiger partial charge in [0.05, 0.1) is 0 Å². The Kier molecular flexibility index (Phi) is 6.22. The summed E-state index contributed by atoms with van der Waals surface area (Å²) in [5, 5.41) is 0.713. The summed E-state index contributed by atoms with van der Waals surface area (Å²) in [5.41, 5.74) is 4.70. The highest BCUT2D eigenvalue weighted by atomic mass is 35.5. The first kappa shape index (κ1) is 20.0. The van der Waals surface area contributed by atoms with Gasteiger partial charge in [-0.2, -0.15) is 0 Å². The van der Waals surface area contributed by atoms with Crippen molar-refractivity contribution in [2.45, 2.75) is 18.9 Å². The Morgan fingerprint density at radius 3 is 2.41 bits per heavy atom. The molecule has 29 heavy (non-hydrogen) atoms. The molecule has 2 heterocycles. The molecular weight excluding hydrogens is 382 g/mol. The second-order valence-electron chi connectivity index (χ2n) is 7.92. The third-order valence-electron chi connectivity index (χ3n) is 5.99. The number of anilines is 2. The topological polar surface area (TPSA) is 26.8 Å². The van der Waals surface area contributed by atoms with E-state index in [4.69, 9.17) is 11.6 Å². The summed E-state index contributed by atoms with van der Waals surface area (Å²) < 4.78 is 0. The molecule has 2 aromatic rings. The van der Waals surface area contributed by atoms with Gasteiger partial charge in [-0.3, -0.25) is 0 Å². The van der Waals surface area contributed by atoms with Crippen molar-refractivity contribution in [1.29, 1.82) is 0 Å². The molecule has 0 saturated carbocycles. The minimum absolute atomic E-state index is 0.231. The Morgan fingerprint density at radius 2 is 1.69 bits per heavy atom. The number of piperazine rings is 1. The molecule has 0 amide bonds. The number of carbonyl (C=O) groups excluding carboxylic acids is 1. The number of likely N-dealkylation sites (N-methyl/N-ethyl adjacent to an activating group) is 1. The fourth-order valence-corrected chi connectivity index (χ4v) is 4.45. The summed E-state index contributed by atoms with van der Waals surface area (Å²) in [6, 6.07) is 16.1. The average molecular weight is 410 g/mol. The van der Waals surface area contributed by atoms with E-state index < -0.39 is 0 Å². The molecule has 0 radical (unpaired) electrons. The van der Waals surface area contributed by atoms with Crippen LogP contribution in [0.5, 0.6) is 0 Å². The molecule has 0 N–H and O–H groups in total. The van der Waals surface area contributed by atoms with Gasteiger partial charge in [0.15, 0.2) is 0 Å². The summed E-state index contributed by atoms with van der Waals surface area (Å²) >= 11 is 6.05. The maximum absolute atomic E-state index is 12.1. The number of halogens is 1. The van der Waals surface area contributed by atoms with E-state index in [0.717, 1.165) is 57.5 Å². The zero-order valence-corrected chi connectivity index (χ0v) is 17.7. The molecule has 0 spiro atoms. The van der Waals surface area contributed by atoms with Crippen LogP contribution >= 0.6 is 11.6 Å². The zero-order valence-electron chi connectivity index (χ0n) is 16.9. The smallest absolute Gasteiger partial charge is 0.146 e. The van der Waals surface area contributed by atoms with Crippen molar-refractivity contribution in [3.8, 4) is 0 Å². The van der Waals surface area contributed by atoms with E-state index in [1.807, 2.05) is 24.3 Å². The third kappa shape index (κ3) is 4.49. The number of hydrogen-bond acceptors (Lipinski definition) is 4. The van der Waals surface area contributed by atoms with Crippen LogP contribution in [0.25, 0.3) is 6.08 Å². The molecule has 1 unspecified atom stereocenters. The van der Waals surface area contributed by atoms with Gasteiger partial charge in [-0.15, -0.1) is 0 Å². The molecule has 0 aliphatic carbocycles. The van der Waals surface area contributed by atoms with Gasteiger partial charge in [0.2, 0.25) is 0 Å². The Bertz CT molecular complexity index is 872. The van der Waals surface area contributed by atoms with Crippen molar-refractivity contribution in [2.75, 3.05) is 49.6 Å². The first-order valence-corrected chi connectivity index (χ1v) is 10.7. The number of rotatable bonds is 4. The van der Waals surface area contributed by atoms with Crippen LogP contribution in [-0.2, 0) is 4.79 Å². The number of hydrogen-bond donors (Lipinski definition) is 0. The first-order valence-electron chi connectivity index (χ1n) is 10.4. The van der Waals surface area contributed by atoms with E-state index in [-0.39, 0.29) is 6.04 Å². The van der Waals surface area contributed by atoms with Crippen LogP contribution in [0.15, 0.2) is 54.1 Å². The van der Waals surface area contributed by atoms with E-state index in [1.54, 1.807) is 0 Å². The molecule has 0 bridgehead atoms. The predicted octanol–water partition coefficient (Wildman–Crippen LogP) is 4.34. The van der Waals surface area contributed by atoms with Crippen LogP contribution in [0, 0.1) is 0 Å². The molecule has 4 nitrogen and oxygen atoms in total. The second-order valence-corrected chi connectivity index (χ2v) is 8.36. The first-order chi connectivity index (χ1) is 14.2. The van der Waals surface area contributed by atoms with E-state index in [9.17, 15) is 4.79 Å². The summed E-state index contributed by atoms with van der Waals surface area (Å²) in [6.07, 6.45) is 5.31. The minimum atomic E-state index is -0.231. The maximum atomic E-state index is 12.1. The van der Waals surface area contributed by atoms with Gasteiger partial charge in [0.1, 0.15) is 12.3 Å². The minimum Gasteiger partial charge on any atom is -0.368 e. The Morgan fingerprint density at radius 1 is 0.966 bits per heavy atom. The number of piperidine rings is 1. The number of para-hydroxylation sites is 1. The Hall–Kier alpha value is -2.30. The van der Waals surface area contributed by atoms with Crippen molar-refractivity contribution < 1.29 is 4.79 Å². The molecule has 1 atom stereocenters. The van der Waals surface area contributed by atoms with Crippen molar-refractivity contribution in [2.24, 2.45) is 0 Å². The summed E-state index contributed by atoms with van der Waals surface area (Å²) in [6.45, 7) is 5.09. The van der Waals surface area contributed by atoms with Gasteiger partial charge in [0, 0.05) is 49.1 Å². The van der Waals surface area contributed by atoms with Crippen molar-refractivity contribution >= 4 is 35.3 Å². The molecule has 4 rings (SSSR count). The highest BCUT2D eigenvalue weighted by molar-refractivity contribution is 6.30. The van der Waals surface area contributed by atoms with E-state index in [2.05, 4.69) is 52.1 Å². The van der Waals surface area contributed by atoms with E-state index >= 15 is 0 Å². The lowest BCUT2D eigenvalue weighted by Crippen LogP contribution is -2.44. The number of benzene rings is 2. The maximum Gasteiger partial charge on any atom is 0.146 e. The summed E-state index contributed by atoms with van der Waals surface area (Å²) in [4.78, 5) is 19.1. The van der Waals surface area contributed by atoms with Gasteiger partial charge in [-0.05, 0) is 61.4 Å². The van der Waals surface area contributed by atoms with Crippen LogP contribution in [-0.4, -0.2) is 57.0 Å². The highest BCUT2D eigenvalue weighted by Gasteiger charge is 2.27. The van der Waals surface area contributed by atoms with Crippen molar-refractivity contribution in [3.05, 3.63) is 64.7 Å². The largest absolute Gasteiger partial charge is 0.368 e. The summed E-state index contributed by atoms with van der Waals surface area (Å²) in [5.74, 6) is 0. The fraction of sp³-hybridized carbons (Fsp3) is 0.375. The molecule has 152 valence electrons. The molecular formula is C24H28ClN3O. The Balaban J connectivity index is 1.63. The van der Waals surface area contributed by atoms with Crippen molar-refractivity contribution in [3.63, 3.8) is 0 Å². The van der Waals surface area contributed by atoms with Gasteiger partial charge in [-0.25, -0.2) is 0 Å². The lowest BCUT2D eigenvalue weighted by molar-refractivity contribution is -0.108. The van der Waals surface area contributed by atoms with Gasteiger partial charge < -0.3 is 19.5 Å². The molecule has 2 aromatic carbocycles. The van der Waals surface area contributed by atoms with Crippen LogP contribution in [0.4, 0.5) is 11.4 Å². The number of nitrogens with zero attached hydrogens (tertiary/aromatic N) is 3. The predicted molar refractivity (Wildman–Crippen MR) is 122 cm³/mol. The third-order valence-corrected chi connectivity index (χ3v) is 6.24. The quantitative estimate of drug-likeness (QED) is 0.702. The average Bonchev–Trinajstić information content (AvgIpc) is 2.75. The Labute approximate surface area is 178 Å². The van der Waals surface area contributed by atoms with Crippen LogP contribution in [0.1, 0.15) is 18.4 Å². The highest BCUT2D eigenvalue weighted by Crippen LogP contribution is 2.32. The SMILES string of the molecule is CN1CCN(c2ccccc2C=C2CCCN(c3ccc(Cl)cc3)C2C=O)CC1. The van der Waals surface area contributed by atoms with Crippen LogP contribution in [0.3, 0.4) is 0 Å². The lowest BCUT2D eigenvalue weighted by Gasteiger charge is -2.37. The fourth-order valence-electron chi connectivity index (χ4n) is 4.33. The van der Waals surface area contributed by atoms with Crippen molar-refractivity contribution in [1.82, 2.24) is 4.90 Å². The molecule has 2 fully saturated rings. The van der Waals surface area contributed by atoms with Crippen LogP contribution in [0.2, 0.25) is 5.02 Å². The second kappa shape index (κ2) is 9.02. The molecule has 5 heteroatoms. The molecule has 0 aromatic heterocycles. The van der Waals surface area contributed by atoms with E-state index in [0.29, 0.717) is 5.02 Å². The zero-order chi connectivity index (χ0) is 20.2. The lowest BCUT2D eigenvalue weighted by atomic mass is 9.93. The molecule has 2 aliphatic rings. The monoisotopic (exact) mass is 409 g/mol. The number of carbonyl (C=O) groups is 1. The normalized spacial score (nSPS) is 22.1. The molecule has 2 saturated heterocycles. The van der Waals surface area contributed by atoms with Gasteiger partial charge in [-0.1, -0.05) is 35.9 Å². The number of aldehydes is 1. The van der Waals surface area contributed by atoms with Crippen LogP contribution < -0.4 is 9.80 Å². The van der Waals surface area contributed by atoms with Gasteiger partial charge in [0.25, 0.3) is 0 Å². The summed E-state index contributed by atoms with van der Waals surface area (Å²) in [7, 11) is 2.17.